The summed E-state index contributed by atoms with van der Waals surface area (Å²) in [7, 11) is 0. The van der Waals surface area contributed by atoms with E-state index >= 15 is 0 Å². The minimum Gasteiger partial charge on any atom is -0.294 e. The highest BCUT2D eigenvalue weighted by Crippen LogP contribution is 2.28. The van der Waals surface area contributed by atoms with Crippen molar-refractivity contribution >= 4 is 5.78 Å². The van der Waals surface area contributed by atoms with Gasteiger partial charge in [-0.3, -0.25) is 4.79 Å². The minimum absolute atomic E-state index is 0.312. The van der Waals surface area contributed by atoms with Crippen molar-refractivity contribution in [1.82, 2.24) is 0 Å². The van der Waals surface area contributed by atoms with E-state index in [0.717, 1.165) is 12.0 Å². The van der Waals surface area contributed by atoms with E-state index in [1.165, 1.54) is 36.8 Å². The highest BCUT2D eigenvalue weighted by molar-refractivity contribution is 6.01. The molecule has 0 heterocycles. The van der Waals surface area contributed by atoms with Crippen molar-refractivity contribution in [2.24, 2.45) is 0 Å². The molecular formula is C14H22O. The van der Waals surface area contributed by atoms with Crippen molar-refractivity contribution in [1.29, 1.82) is 0 Å². The maximum Gasteiger partial charge on any atom is 0.163 e. The summed E-state index contributed by atoms with van der Waals surface area (Å²) in [6.07, 6.45) is 9.23. The van der Waals surface area contributed by atoms with E-state index in [0.29, 0.717) is 12.2 Å². The number of hydrogen-bond acceptors (Lipinski definition) is 1. The van der Waals surface area contributed by atoms with Gasteiger partial charge >= 0.3 is 0 Å². The fraction of sp³-hybridized carbons (Fsp3) is 0.643. The van der Waals surface area contributed by atoms with Crippen molar-refractivity contribution in [2.75, 3.05) is 0 Å². The first-order valence-electron chi connectivity index (χ1n) is 6.07. The van der Waals surface area contributed by atoms with Crippen molar-refractivity contribution in [3.05, 3.63) is 22.8 Å². The van der Waals surface area contributed by atoms with Crippen LogP contribution in [0.25, 0.3) is 0 Å². The van der Waals surface area contributed by atoms with Gasteiger partial charge in [0.2, 0.25) is 0 Å². The quantitative estimate of drug-likeness (QED) is 0.616. The van der Waals surface area contributed by atoms with Crippen LogP contribution in [-0.4, -0.2) is 5.78 Å². The molecule has 0 aliphatic heterocycles. The minimum atomic E-state index is 0.312. The Balaban J connectivity index is 2.39. The molecule has 0 saturated heterocycles. The number of Topliss-reactive ketones (excluding diaryl/α,β-unsaturated/α-hetero) is 1. The van der Waals surface area contributed by atoms with Gasteiger partial charge in [0.1, 0.15) is 0 Å². The summed E-state index contributed by atoms with van der Waals surface area (Å²) in [4.78, 5) is 11.4. The molecule has 0 fully saturated rings. The van der Waals surface area contributed by atoms with Gasteiger partial charge in [-0.1, -0.05) is 32.3 Å². The lowest BCUT2D eigenvalue weighted by Crippen LogP contribution is -1.90. The van der Waals surface area contributed by atoms with Crippen molar-refractivity contribution < 1.29 is 4.79 Å². The molecule has 1 heteroatoms. The first kappa shape index (κ1) is 12.2. The average Bonchev–Trinajstić information content (AvgIpc) is 2.46. The molecule has 0 N–H and O–H groups in total. The van der Waals surface area contributed by atoms with Gasteiger partial charge in [-0.15, -0.1) is 0 Å². The summed E-state index contributed by atoms with van der Waals surface area (Å²) in [5.74, 6) is 0.312. The van der Waals surface area contributed by atoms with Crippen molar-refractivity contribution in [3.63, 3.8) is 0 Å². The van der Waals surface area contributed by atoms with E-state index in [9.17, 15) is 4.79 Å². The molecule has 84 valence electrons. The highest BCUT2D eigenvalue weighted by atomic mass is 16.1. The van der Waals surface area contributed by atoms with Crippen LogP contribution in [0.4, 0.5) is 0 Å². The van der Waals surface area contributed by atoms with E-state index in [1.54, 1.807) is 0 Å². The number of unbranched alkanes of at least 4 members (excludes halogenated alkanes) is 4. The van der Waals surface area contributed by atoms with Crippen LogP contribution in [0, 0.1) is 0 Å². The van der Waals surface area contributed by atoms with E-state index in [4.69, 9.17) is 0 Å². The molecule has 0 radical (unpaired) electrons. The normalized spacial score (nSPS) is 19.4. The van der Waals surface area contributed by atoms with Crippen LogP contribution in [-0.2, 0) is 4.79 Å². The van der Waals surface area contributed by atoms with Gasteiger partial charge in [0.15, 0.2) is 5.78 Å². The molecule has 0 aromatic rings. The Morgan fingerprint density at radius 1 is 1.13 bits per heavy atom. The lowest BCUT2D eigenvalue weighted by Gasteiger charge is -1.99. The van der Waals surface area contributed by atoms with Gasteiger partial charge in [0.25, 0.3) is 0 Å². The number of carbonyl (C=O) groups excluding carboxylic acids is 1. The standard InChI is InChI=1S/C14H22O/c1-4-5-6-7-8-9-13-10-14(15)12(3)11(13)2/h9H,4-8,10H2,1-3H3/b13-9+. The SMILES string of the molecule is CCCCCC/C=C1\CC(=O)C(C)=C1C. The second-order valence-corrected chi connectivity index (χ2v) is 4.43. The maximum absolute atomic E-state index is 11.4. The smallest absolute Gasteiger partial charge is 0.163 e. The fourth-order valence-corrected chi connectivity index (χ4v) is 1.96. The van der Waals surface area contributed by atoms with Crippen molar-refractivity contribution in [2.45, 2.75) is 59.3 Å². The van der Waals surface area contributed by atoms with Gasteiger partial charge in [-0.25, -0.2) is 0 Å². The topological polar surface area (TPSA) is 17.1 Å². The lowest BCUT2D eigenvalue weighted by atomic mass is 10.1. The van der Waals surface area contributed by atoms with Gasteiger partial charge in [-0.05, 0) is 43.4 Å². The molecule has 1 aliphatic rings. The first-order chi connectivity index (χ1) is 7.16. The monoisotopic (exact) mass is 206 g/mol. The Labute approximate surface area is 93.3 Å². The van der Waals surface area contributed by atoms with Gasteiger partial charge in [0, 0.05) is 6.42 Å². The van der Waals surface area contributed by atoms with E-state index in [1.807, 2.05) is 6.92 Å². The predicted octanol–water partition coefficient (Wildman–Crippen LogP) is 4.19. The number of allylic oxidation sites excluding steroid dienone is 4. The van der Waals surface area contributed by atoms with E-state index < -0.39 is 0 Å². The van der Waals surface area contributed by atoms with Gasteiger partial charge in [0.05, 0.1) is 0 Å². The largest absolute Gasteiger partial charge is 0.294 e. The Bertz CT molecular complexity index is 294. The summed E-state index contributed by atoms with van der Waals surface area (Å²) < 4.78 is 0. The molecule has 0 bridgehead atoms. The van der Waals surface area contributed by atoms with Crippen LogP contribution in [0.2, 0.25) is 0 Å². The molecular weight excluding hydrogens is 184 g/mol. The average molecular weight is 206 g/mol. The Morgan fingerprint density at radius 3 is 2.40 bits per heavy atom. The molecule has 0 aromatic carbocycles. The number of ketones is 1. The molecule has 0 unspecified atom stereocenters. The Morgan fingerprint density at radius 2 is 1.87 bits per heavy atom. The van der Waals surface area contributed by atoms with Gasteiger partial charge in [-0.2, -0.15) is 0 Å². The second kappa shape index (κ2) is 5.89. The molecule has 0 spiro atoms. The van der Waals surface area contributed by atoms with E-state index in [2.05, 4.69) is 19.9 Å². The number of carbonyl (C=O) groups is 1. The number of rotatable bonds is 5. The van der Waals surface area contributed by atoms with Crippen LogP contribution in [0.1, 0.15) is 59.3 Å². The summed E-state index contributed by atoms with van der Waals surface area (Å²) in [6, 6.07) is 0. The van der Waals surface area contributed by atoms with Crippen LogP contribution in [0.15, 0.2) is 22.8 Å². The highest BCUT2D eigenvalue weighted by Gasteiger charge is 2.20. The molecule has 0 atom stereocenters. The summed E-state index contributed by atoms with van der Waals surface area (Å²) >= 11 is 0. The Kier molecular flexibility index (Phi) is 4.80. The summed E-state index contributed by atoms with van der Waals surface area (Å²) in [5, 5.41) is 0. The number of hydrogen-bond donors (Lipinski definition) is 0. The maximum atomic E-state index is 11.4. The van der Waals surface area contributed by atoms with Crippen LogP contribution in [0.3, 0.4) is 0 Å². The predicted molar refractivity (Wildman–Crippen MR) is 64.8 cm³/mol. The van der Waals surface area contributed by atoms with Crippen LogP contribution in [0.5, 0.6) is 0 Å². The molecule has 1 rings (SSSR count). The zero-order valence-electron chi connectivity index (χ0n) is 10.2. The molecule has 0 amide bonds. The van der Waals surface area contributed by atoms with Crippen molar-refractivity contribution in [3.8, 4) is 0 Å². The first-order valence-corrected chi connectivity index (χ1v) is 6.07. The zero-order chi connectivity index (χ0) is 11.3. The summed E-state index contributed by atoms with van der Waals surface area (Å²) in [6.45, 7) is 6.23. The third kappa shape index (κ3) is 3.33. The lowest BCUT2D eigenvalue weighted by molar-refractivity contribution is -0.114. The third-order valence-electron chi connectivity index (χ3n) is 3.26. The summed E-state index contributed by atoms with van der Waals surface area (Å²) in [5.41, 5.74) is 3.46. The zero-order valence-corrected chi connectivity index (χ0v) is 10.2. The second-order valence-electron chi connectivity index (χ2n) is 4.43. The third-order valence-corrected chi connectivity index (χ3v) is 3.26. The van der Waals surface area contributed by atoms with Crippen LogP contribution < -0.4 is 0 Å². The van der Waals surface area contributed by atoms with Gasteiger partial charge < -0.3 is 0 Å². The molecule has 0 saturated carbocycles. The molecule has 1 aliphatic carbocycles. The fourth-order valence-electron chi connectivity index (χ4n) is 1.96. The Hall–Kier alpha value is -0.850. The molecule has 1 nitrogen and oxygen atoms in total. The van der Waals surface area contributed by atoms with E-state index in [-0.39, 0.29) is 0 Å². The van der Waals surface area contributed by atoms with Crippen LogP contribution >= 0.6 is 0 Å². The molecule has 15 heavy (non-hydrogen) atoms. The molecule has 0 aromatic heterocycles.